The third-order valence-electron chi connectivity index (χ3n) is 6.08. The number of benzene rings is 1. The molecule has 0 bridgehead atoms. The maximum Gasteiger partial charge on any atom is 0.258 e. The quantitative estimate of drug-likeness (QED) is 0.458. The fourth-order valence-corrected chi connectivity index (χ4v) is 5.48. The van der Waals surface area contributed by atoms with E-state index in [0.29, 0.717) is 12.2 Å². The summed E-state index contributed by atoms with van der Waals surface area (Å²) in [6.45, 7) is 3.38. The van der Waals surface area contributed by atoms with Crippen LogP contribution in [0.1, 0.15) is 33.4 Å². The molecule has 164 valence electrons. The van der Waals surface area contributed by atoms with Gasteiger partial charge in [-0.05, 0) is 60.2 Å². The lowest BCUT2D eigenvalue weighted by atomic mass is 9.90. The van der Waals surface area contributed by atoms with E-state index in [1.54, 1.807) is 36.0 Å². The van der Waals surface area contributed by atoms with Gasteiger partial charge >= 0.3 is 0 Å². The molecular weight excluding hydrogens is 422 g/mol. The van der Waals surface area contributed by atoms with Crippen LogP contribution in [0.2, 0.25) is 0 Å². The van der Waals surface area contributed by atoms with Crippen LogP contribution in [0.15, 0.2) is 58.7 Å². The third-order valence-corrected chi connectivity index (χ3v) is 7.01. The number of methoxy groups -OCH3 is 2. The minimum atomic E-state index is -0.0420. The second-order valence-electron chi connectivity index (χ2n) is 7.99. The largest absolute Gasteiger partial charge is 0.493 e. The van der Waals surface area contributed by atoms with E-state index in [-0.39, 0.29) is 11.6 Å². The predicted molar refractivity (Wildman–Crippen MR) is 126 cm³/mol. The van der Waals surface area contributed by atoms with E-state index in [0.717, 1.165) is 35.9 Å². The number of hydrogen-bond acceptors (Lipinski definition) is 6. The van der Waals surface area contributed by atoms with Crippen molar-refractivity contribution in [3.05, 3.63) is 91.7 Å². The minimum absolute atomic E-state index is 0.0420. The lowest BCUT2D eigenvalue weighted by Crippen LogP contribution is -2.36. The Morgan fingerprint density at radius 3 is 2.66 bits per heavy atom. The van der Waals surface area contributed by atoms with Crippen LogP contribution in [0.3, 0.4) is 0 Å². The van der Waals surface area contributed by atoms with Crippen molar-refractivity contribution in [2.75, 3.05) is 20.8 Å². The molecule has 0 amide bonds. The number of pyridine rings is 1. The summed E-state index contributed by atoms with van der Waals surface area (Å²) in [6, 6.07) is 15.9. The maximum atomic E-state index is 12.8. The number of aryl methyl sites for hydroxylation is 1. The van der Waals surface area contributed by atoms with E-state index in [1.165, 1.54) is 16.0 Å². The highest BCUT2D eigenvalue weighted by Gasteiger charge is 2.31. The third kappa shape index (κ3) is 3.57. The van der Waals surface area contributed by atoms with Gasteiger partial charge in [0.2, 0.25) is 0 Å². The number of fused-ring (bicyclic) bond motifs is 2. The number of nitrogens with zero attached hydrogens (tertiary/aromatic N) is 3. The van der Waals surface area contributed by atoms with Crippen LogP contribution in [0, 0.1) is 6.92 Å². The van der Waals surface area contributed by atoms with Crippen molar-refractivity contribution in [1.29, 1.82) is 0 Å². The fraction of sp³-hybridized carbons (Fsp3) is 0.280. The first-order valence-corrected chi connectivity index (χ1v) is 11.5. The second-order valence-corrected chi connectivity index (χ2v) is 8.97. The maximum absolute atomic E-state index is 12.8. The summed E-state index contributed by atoms with van der Waals surface area (Å²) in [6.07, 6.45) is 0.892. The lowest BCUT2D eigenvalue weighted by Gasteiger charge is -2.37. The Labute approximate surface area is 190 Å². The number of hydrogen-bond donors (Lipinski definition) is 0. The van der Waals surface area contributed by atoms with Crippen LogP contribution < -0.4 is 15.0 Å². The van der Waals surface area contributed by atoms with Gasteiger partial charge in [0.1, 0.15) is 5.65 Å². The molecule has 1 aliphatic rings. The van der Waals surface area contributed by atoms with E-state index >= 15 is 0 Å². The Bertz CT molecular complexity index is 1330. The number of rotatable bonds is 5. The Kier molecular flexibility index (Phi) is 5.45. The van der Waals surface area contributed by atoms with Gasteiger partial charge in [-0.25, -0.2) is 4.98 Å². The van der Waals surface area contributed by atoms with Gasteiger partial charge in [0.05, 0.1) is 26.0 Å². The average Bonchev–Trinajstić information content (AvgIpc) is 3.32. The highest BCUT2D eigenvalue weighted by Crippen LogP contribution is 2.42. The Hall–Kier alpha value is -3.16. The van der Waals surface area contributed by atoms with Crippen LogP contribution in [0.25, 0.3) is 5.65 Å². The van der Waals surface area contributed by atoms with Crippen LogP contribution >= 0.6 is 11.3 Å². The summed E-state index contributed by atoms with van der Waals surface area (Å²) >= 11 is 1.74. The topological polar surface area (TPSA) is 56.1 Å². The Balaban J connectivity index is 1.57. The molecule has 1 aromatic carbocycles. The molecule has 3 aromatic heterocycles. The monoisotopic (exact) mass is 447 g/mol. The minimum Gasteiger partial charge on any atom is -0.493 e. The molecule has 4 aromatic rings. The van der Waals surface area contributed by atoms with Crippen molar-refractivity contribution >= 4 is 17.0 Å². The van der Waals surface area contributed by atoms with E-state index in [4.69, 9.17) is 14.5 Å². The number of thiophene rings is 1. The summed E-state index contributed by atoms with van der Waals surface area (Å²) < 4.78 is 12.8. The van der Waals surface area contributed by atoms with Gasteiger partial charge < -0.3 is 9.47 Å². The van der Waals surface area contributed by atoms with Gasteiger partial charge in [0.25, 0.3) is 5.56 Å². The summed E-state index contributed by atoms with van der Waals surface area (Å²) in [4.78, 5) is 21.3. The standard InChI is InChI=1S/C25H25N3O3S/c1-16-6-4-8-23-26-18(13-24(29)28(16)23)15-27-10-9-17-12-20(30-2)21(31-3)14-19(17)25(27)22-7-5-11-32-22/h4-8,11-14,25H,9-10,15H2,1-3H3/t25-/m0/s1. The van der Waals surface area contributed by atoms with Crippen LogP contribution in [-0.4, -0.2) is 35.0 Å². The van der Waals surface area contributed by atoms with Gasteiger partial charge in [-0.1, -0.05) is 12.1 Å². The van der Waals surface area contributed by atoms with Gasteiger partial charge in [-0.2, -0.15) is 0 Å². The zero-order chi connectivity index (χ0) is 22.2. The molecule has 0 aliphatic carbocycles. The molecule has 32 heavy (non-hydrogen) atoms. The van der Waals surface area contributed by atoms with E-state index in [1.807, 2.05) is 25.1 Å². The van der Waals surface area contributed by atoms with Crippen LogP contribution in [-0.2, 0) is 13.0 Å². The first-order valence-electron chi connectivity index (χ1n) is 10.6. The molecule has 0 unspecified atom stereocenters. The van der Waals surface area contributed by atoms with E-state index < -0.39 is 0 Å². The first kappa shape index (κ1) is 20.7. The van der Waals surface area contributed by atoms with Crippen molar-refractivity contribution in [3.63, 3.8) is 0 Å². The summed E-state index contributed by atoms with van der Waals surface area (Å²) in [5, 5.41) is 2.10. The van der Waals surface area contributed by atoms with Crippen molar-refractivity contribution in [3.8, 4) is 11.5 Å². The fourth-order valence-electron chi connectivity index (χ4n) is 4.60. The van der Waals surface area contributed by atoms with Crippen LogP contribution in [0.4, 0.5) is 0 Å². The number of aromatic nitrogens is 2. The molecule has 0 radical (unpaired) electrons. The van der Waals surface area contributed by atoms with Crippen LogP contribution in [0.5, 0.6) is 11.5 Å². The van der Waals surface area contributed by atoms with Gasteiger partial charge in [-0.15, -0.1) is 11.3 Å². The smallest absolute Gasteiger partial charge is 0.258 e. The molecule has 0 N–H and O–H groups in total. The van der Waals surface area contributed by atoms with Crippen molar-refractivity contribution < 1.29 is 9.47 Å². The average molecular weight is 448 g/mol. The summed E-state index contributed by atoms with van der Waals surface area (Å²) in [5.41, 5.74) is 4.79. The van der Waals surface area contributed by atoms with Crippen molar-refractivity contribution in [1.82, 2.24) is 14.3 Å². The molecule has 6 nitrogen and oxygen atoms in total. The van der Waals surface area contributed by atoms with Crippen molar-refractivity contribution in [2.24, 2.45) is 0 Å². The molecule has 4 heterocycles. The number of ether oxygens (including phenoxy) is 2. The molecule has 0 fully saturated rings. The molecule has 0 saturated carbocycles. The Morgan fingerprint density at radius 2 is 1.91 bits per heavy atom. The SMILES string of the molecule is COc1cc2c(cc1OC)[C@@H](c1cccs1)N(Cc1cc(=O)n3c(C)cccc3n1)CC2. The lowest BCUT2D eigenvalue weighted by molar-refractivity contribution is 0.203. The van der Waals surface area contributed by atoms with E-state index in [9.17, 15) is 4.79 Å². The highest BCUT2D eigenvalue weighted by atomic mass is 32.1. The molecule has 1 atom stereocenters. The van der Waals surface area contributed by atoms with Gasteiger partial charge in [0, 0.05) is 29.7 Å². The molecule has 0 saturated heterocycles. The Morgan fingerprint density at radius 1 is 1.09 bits per heavy atom. The summed E-state index contributed by atoms with van der Waals surface area (Å²) in [7, 11) is 3.33. The predicted octanol–water partition coefficient (Wildman–Crippen LogP) is 4.23. The molecular formula is C25H25N3O3S. The normalized spacial score (nSPS) is 16.2. The molecule has 5 rings (SSSR count). The van der Waals surface area contributed by atoms with Crippen molar-refractivity contribution in [2.45, 2.75) is 25.9 Å². The zero-order valence-corrected chi connectivity index (χ0v) is 19.2. The molecule has 0 spiro atoms. The summed E-state index contributed by atoms with van der Waals surface area (Å²) in [5.74, 6) is 1.48. The highest BCUT2D eigenvalue weighted by molar-refractivity contribution is 7.10. The first-order chi connectivity index (χ1) is 15.6. The van der Waals surface area contributed by atoms with Gasteiger partial charge in [-0.3, -0.25) is 14.1 Å². The second kappa shape index (κ2) is 8.41. The van der Waals surface area contributed by atoms with Gasteiger partial charge in [0.15, 0.2) is 11.5 Å². The molecule has 1 aliphatic heterocycles. The molecule has 7 heteroatoms. The van der Waals surface area contributed by atoms with E-state index in [2.05, 4.69) is 34.5 Å². The zero-order valence-electron chi connectivity index (χ0n) is 18.4.